The highest BCUT2D eigenvalue weighted by atomic mass is 14.4. The van der Waals surface area contributed by atoms with Gasteiger partial charge in [0, 0.05) is 0 Å². The Hall–Kier alpha value is -0.260. The predicted molar refractivity (Wildman–Crippen MR) is 55.2 cm³/mol. The maximum absolute atomic E-state index is 3.96. The molecule has 0 radical (unpaired) electrons. The van der Waals surface area contributed by atoms with Gasteiger partial charge in [0.05, 0.1) is 0 Å². The molecular weight excluding hydrogens is 144 g/mol. The highest BCUT2D eigenvalue weighted by molar-refractivity contribution is 4.95. The van der Waals surface area contributed by atoms with E-state index in [1.807, 2.05) is 0 Å². The summed E-state index contributed by atoms with van der Waals surface area (Å²) in [4.78, 5) is 0. The van der Waals surface area contributed by atoms with Crippen molar-refractivity contribution in [2.45, 2.75) is 52.9 Å². The van der Waals surface area contributed by atoms with Gasteiger partial charge in [0.15, 0.2) is 0 Å². The molecule has 1 fully saturated rings. The molecule has 0 spiro atoms. The molecule has 2 atom stereocenters. The fourth-order valence-corrected chi connectivity index (χ4v) is 2.22. The quantitative estimate of drug-likeness (QED) is 0.550. The summed E-state index contributed by atoms with van der Waals surface area (Å²) >= 11 is 0. The van der Waals surface area contributed by atoms with Crippen molar-refractivity contribution in [3.63, 3.8) is 0 Å². The highest BCUT2D eigenvalue weighted by Crippen LogP contribution is 2.51. The van der Waals surface area contributed by atoms with Crippen molar-refractivity contribution < 1.29 is 0 Å². The van der Waals surface area contributed by atoms with Crippen LogP contribution in [0.4, 0.5) is 0 Å². The van der Waals surface area contributed by atoms with E-state index in [4.69, 9.17) is 0 Å². The Morgan fingerprint density at radius 3 is 2.58 bits per heavy atom. The first-order chi connectivity index (χ1) is 5.58. The minimum Gasteiger partial charge on any atom is -0.100 e. The molecule has 1 saturated carbocycles. The molecule has 0 aromatic rings. The molecule has 0 aliphatic heterocycles. The third-order valence-corrected chi connectivity index (χ3v) is 3.78. The SMILES string of the molecule is C=C(C)CCC1CCC1(C)CC. The van der Waals surface area contributed by atoms with E-state index in [1.165, 1.54) is 37.7 Å². The van der Waals surface area contributed by atoms with Crippen LogP contribution in [0.15, 0.2) is 12.2 Å². The summed E-state index contributed by atoms with van der Waals surface area (Å²) < 4.78 is 0. The molecule has 1 aliphatic rings. The van der Waals surface area contributed by atoms with E-state index < -0.39 is 0 Å². The lowest BCUT2D eigenvalue weighted by Gasteiger charge is -2.47. The van der Waals surface area contributed by atoms with E-state index in [1.54, 1.807) is 0 Å². The minimum absolute atomic E-state index is 0.676. The summed E-state index contributed by atoms with van der Waals surface area (Å²) in [5, 5.41) is 0. The smallest absolute Gasteiger partial charge is 0.0300 e. The molecule has 70 valence electrons. The third kappa shape index (κ3) is 1.91. The lowest BCUT2D eigenvalue weighted by molar-refractivity contribution is 0.0396. The van der Waals surface area contributed by atoms with Gasteiger partial charge in [0.2, 0.25) is 0 Å². The molecule has 0 nitrogen and oxygen atoms in total. The topological polar surface area (TPSA) is 0 Å². The summed E-state index contributed by atoms with van der Waals surface area (Å²) in [7, 11) is 0. The molecular formula is C12H22. The Bertz CT molecular complexity index is 165. The first kappa shape index (κ1) is 9.83. The van der Waals surface area contributed by atoms with Crippen molar-refractivity contribution in [2.75, 3.05) is 0 Å². The van der Waals surface area contributed by atoms with Gasteiger partial charge < -0.3 is 0 Å². The van der Waals surface area contributed by atoms with Crippen molar-refractivity contribution in [1.82, 2.24) is 0 Å². The van der Waals surface area contributed by atoms with E-state index >= 15 is 0 Å². The number of hydrogen-bond donors (Lipinski definition) is 0. The van der Waals surface area contributed by atoms with Gasteiger partial charge >= 0.3 is 0 Å². The second-order valence-electron chi connectivity index (χ2n) is 4.74. The number of rotatable bonds is 4. The fourth-order valence-electron chi connectivity index (χ4n) is 2.22. The molecule has 0 aromatic heterocycles. The molecule has 1 aliphatic carbocycles. The maximum Gasteiger partial charge on any atom is -0.0300 e. The largest absolute Gasteiger partial charge is 0.100 e. The van der Waals surface area contributed by atoms with Crippen molar-refractivity contribution >= 4 is 0 Å². The molecule has 1 rings (SSSR count). The standard InChI is InChI=1S/C12H22/c1-5-12(4)9-8-11(12)7-6-10(2)3/h11H,2,5-9H2,1,3-4H3. The lowest BCUT2D eigenvalue weighted by atomic mass is 9.58. The van der Waals surface area contributed by atoms with Crippen LogP contribution < -0.4 is 0 Å². The van der Waals surface area contributed by atoms with Crippen LogP contribution in [0.5, 0.6) is 0 Å². The Labute approximate surface area is 77.1 Å². The number of hydrogen-bond acceptors (Lipinski definition) is 0. The van der Waals surface area contributed by atoms with Crippen molar-refractivity contribution in [2.24, 2.45) is 11.3 Å². The fraction of sp³-hybridized carbons (Fsp3) is 0.833. The van der Waals surface area contributed by atoms with Gasteiger partial charge in [-0.3, -0.25) is 0 Å². The lowest BCUT2D eigenvalue weighted by Crippen LogP contribution is -2.36. The zero-order valence-electron chi connectivity index (χ0n) is 8.82. The summed E-state index contributed by atoms with van der Waals surface area (Å²) in [5.74, 6) is 0.985. The first-order valence-electron chi connectivity index (χ1n) is 5.23. The molecule has 12 heavy (non-hydrogen) atoms. The average molecular weight is 166 g/mol. The van der Waals surface area contributed by atoms with Crippen LogP contribution in [0.25, 0.3) is 0 Å². The van der Waals surface area contributed by atoms with Crippen molar-refractivity contribution in [3.8, 4) is 0 Å². The van der Waals surface area contributed by atoms with Gasteiger partial charge in [-0.2, -0.15) is 0 Å². The van der Waals surface area contributed by atoms with Crippen molar-refractivity contribution in [3.05, 3.63) is 12.2 Å². The molecule has 0 saturated heterocycles. The zero-order chi connectivity index (χ0) is 9.19. The summed E-state index contributed by atoms with van der Waals surface area (Å²) in [6.45, 7) is 10.9. The molecule has 0 N–H and O–H groups in total. The zero-order valence-corrected chi connectivity index (χ0v) is 8.82. The number of allylic oxidation sites excluding steroid dienone is 1. The summed E-state index contributed by atoms with van der Waals surface area (Å²) in [6.07, 6.45) is 6.87. The van der Waals surface area contributed by atoms with Crippen LogP contribution in [0.3, 0.4) is 0 Å². The van der Waals surface area contributed by atoms with Crippen LogP contribution in [0.1, 0.15) is 52.9 Å². The second-order valence-corrected chi connectivity index (χ2v) is 4.74. The average Bonchev–Trinajstić information content (AvgIpc) is 2.01. The third-order valence-electron chi connectivity index (χ3n) is 3.78. The van der Waals surface area contributed by atoms with Gasteiger partial charge in [-0.05, 0) is 43.9 Å². The molecule has 0 heteroatoms. The predicted octanol–water partition coefficient (Wildman–Crippen LogP) is 4.17. The highest BCUT2D eigenvalue weighted by Gasteiger charge is 2.39. The maximum atomic E-state index is 3.96. The summed E-state index contributed by atoms with van der Waals surface area (Å²) in [5.41, 5.74) is 2.02. The second kappa shape index (κ2) is 3.64. The van der Waals surface area contributed by atoms with Gasteiger partial charge in [-0.15, -0.1) is 6.58 Å². The van der Waals surface area contributed by atoms with Crippen LogP contribution in [-0.2, 0) is 0 Å². The van der Waals surface area contributed by atoms with Gasteiger partial charge in [0.25, 0.3) is 0 Å². The van der Waals surface area contributed by atoms with E-state index in [-0.39, 0.29) is 0 Å². The van der Waals surface area contributed by atoms with Crippen LogP contribution >= 0.6 is 0 Å². The molecule has 0 heterocycles. The normalized spacial score (nSPS) is 34.4. The Kier molecular flexibility index (Phi) is 2.98. The monoisotopic (exact) mass is 166 g/mol. The van der Waals surface area contributed by atoms with E-state index in [2.05, 4.69) is 27.4 Å². The van der Waals surface area contributed by atoms with Gasteiger partial charge in [-0.1, -0.05) is 25.8 Å². The van der Waals surface area contributed by atoms with Crippen molar-refractivity contribution in [1.29, 1.82) is 0 Å². The Balaban J connectivity index is 2.30. The molecule has 2 unspecified atom stereocenters. The Morgan fingerprint density at radius 2 is 2.25 bits per heavy atom. The minimum atomic E-state index is 0.676. The first-order valence-corrected chi connectivity index (χ1v) is 5.23. The van der Waals surface area contributed by atoms with Gasteiger partial charge in [-0.25, -0.2) is 0 Å². The molecule has 0 bridgehead atoms. The molecule has 0 aromatic carbocycles. The summed E-state index contributed by atoms with van der Waals surface area (Å²) in [6, 6.07) is 0. The van der Waals surface area contributed by atoms with Crippen LogP contribution in [0.2, 0.25) is 0 Å². The van der Waals surface area contributed by atoms with E-state index in [0.717, 1.165) is 5.92 Å². The van der Waals surface area contributed by atoms with E-state index in [9.17, 15) is 0 Å². The molecule has 0 amide bonds. The Morgan fingerprint density at radius 1 is 1.58 bits per heavy atom. The van der Waals surface area contributed by atoms with Crippen LogP contribution in [-0.4, -0.2) is 0 Å². The van der Waals surface area contributed by atoms with E-state index in [0.29, 0.717) is 5.41 Å². The van der Waals surface area contributed by atoms with Gasteiger partial charge in [0.1, 0.15) is 0 Å². The van der Waals surface area contributed by atoms with Crippen LogP contribution in [0, 0.1) is 11.3 Å².